The van der Waals surface area contributed by atoms with E-state index in [0.717, 1.165) is 4.31 Å². The van der Waals surface area contributed by atoms with E-state index in [-0.39, 0.29) is 28.9 Å². The molecule has 23 heavy (non-hydrogen) atoms. The van der Waals surface area contributed by atoms with Crippen LogP contribution in [0.4, 0.5) is 0 Å². The van der Waals surface area contributed by atoms with Gasteiger partial charge in [0.05, 0.1) is 4.90 Å². The first-order valence-corrected chi connectivity index (χ1v) is 8.64. The fraction of sp³-hybridized carbons (Fsp3) is 0.429. The number of carboxylic acid groups (broad SMARTS) is 1. The largest absolute Gasteiger partial charge is 0.480 e. The number of nitrogens with one attached hydrogen (secondary N) is 1. The number of aryl methyl sites for hydroxylation is 1. The summed E-state index contributed by atoms with van der Waals surface area (Å²) in [7, 11) is -4.08. The molecule has 0 saturated heterocycles. The Bertz CT molecular complexity index is 705. The van der Waals surface area contributed by atoms with Gasteiger partial charge in [-0.15, -0.1) is 0 Å². The summed E-state index contributed by atoms with van der Waals surface area (Å²) in [5, 5.41) is 11.9. The van der Waals surface area contributed by atoms with Gasteiger partial charge in [0.1, 0.15) is 6.04 Å². The van der Waals surface area contributed by atoms with Crippen molar-refractivity contribution in [1.29, 1.82) is 0 Å². The minimum atomic E-state index is -4.08. The second-order valence-electron chi connectivity index (χ2n) is 5.02. The van der Waals surface area contributed by atoms with Crippen molar-refractivity contribution in [3.8, 4) is 0 Å². The Morgan fingerprint density at radius 1 is 1.39 bits per heavy atom. The van der Waals surface area contributed by atoms with Crippen LogP contribution in [0.1, 0.15) is 19.4 Å². The van der Waals surface area contributed by atoms with Crippen LogP contribution in [-0.4, -0.2) is 48.8 Å². The highest BCUT2D eigenvalue weighted by Gasteiger charge is 2.33. The molecule has 0 aliphatic carbocycles. The normalized spacial score (nSPS) is 12.9. The third-order valence-corrected chi connectivity index (χ3v) is 5.58. The van der Waals surface area contributed by atoms with Crippen LogP contribution in [0.5, 0.6) is 0 Å². The summed E-state index contributed by atoms with van der Waals surface area (Å²) >= 11 is 5.86. The molecular weight excluding hydrogens is 344 g/mol. The maximum Gasteiger partial charge on any atom is 0.321 e. The SMILES string of the molecule is CC(=O)NCCN(C(C)C(=O)O)S(=O)(=O)c1cc(Cl)ccc1C. The van der Waals surface area contributed by atoms with Crippen LogP contribution < -0.4 is 5.32 Å². The molecular formula is C14H19ClN2O5S. The van der Waals surface area contributed by atoms with Crippen molar-refractivity contribution in [3.05, 3.63) is 28.8 Å². The van der Waals surface area contributed by atoms with Gasteiger partial charge >= 0.3 is 5.97 Å². The number of carbonyl (C=O) groups is 2. The maximum atomic E-state index is 12.8. The summed E-state index contributed by atoms with van der Waals surface area (Å²) in [4.78, 5) is 22.1. The summed E-state index contributed by atoms with van der Waals surface area (Å²) in [5.41, 5.74) is 0.455. The molecule has 0 spiro atoms. The Hall–Kier alpha value is -1.64. The van der Waals surface area contributed by atoms with Crippen LogP contribution in [0.25, 0.3) is 0 Å². The minimum Gasteiger partial charge on any atom is -0.480 e. The summed E-state index contributed by atoms with van der Waals surface area (Å²) in [6.45, 7) is 4.00. The topological polar surface area (TPSA) is 104 Å². The summed E-state index contributed by atoms with van der Waals surface area (Å²) in [6.07, 6.45) is 0. The molecule has 0 bridgehead atoms. The summed E-state index contributed by atoms with van der Waals surface area (Å²) in [5.74, 6) is -1.61. The lowest BCUT2D eigenvalue weighted by molar-refractivity contribution is -0.140. The van der Waals surface area contributed by atoms with Crippen LogP contribution in [0.3, 0.4) is 0 Å². The Kier molecular flexibility index (Phi) is 6.55. The fourth-order valence-corrected chi connectivity index (χ4v) is 4.04. The molecule has 9 heteroatoms. The lowest BCUT2D eigenvalue weighted by atomic mass is 10.2. The quantitative estimate of drug-likeness (QED) is 0.759. The predicted molar refractivity (Wildman–Crippen MR) is 85.9 cm³/mol. The zero-order valence-electron chi connectivity index (χ0n) is 13.0. The molecule has 1 rings (SSSR count). The van der Waals surface area contributed by atoms with Gasteiger partial charge in [-0.2, -0.15) is 4.31 Å². The van der Waals surface area contributed by atoms with Crippen LogP contribution >= 0.6 is 11.6 Å². The number of amides is 1. The zero-order valence-corrected chi connectivity index (χ0v) is 14.6. The number of aliphatic carboxylic acids is 1. The van der Waals surface area contributed by atoms with Crippen molar-refractivity contribution in [3.63, 3.8) is 0 Å². The van der Waals surface area contributed by atoms with Gasteiger partial charge in [0, 0.05) is 25.0 Å². The van der Waals surface area contributed by atoms with Gasteiger partial charge in [-0.25, -0.2) is 8.42 Å². The molecule has 0 radical (unpaired) electrons. The number of carboxylic acids is 1. The lowest BCUT2D eigenvalue weighted by Crippen LogP contribution is -2.46. The van der Waals surface area contributed by atoms with Crippen LogP contribution in [-0.2, 0) is 19.6 Å². The minimum absolute atomic E-state index is 0.00575. The van der Waals surface area contributed by atoms with E-state index >= 15 is 0 Å². The number of carbonyl (C=O) groups excluding carboxylic acids is 1. The smallest absolute Gasteiger partial charge is 0.321 e. The van der Waals surface area contributed by atoms with Gasteiger partial charge in [0.2, 0.25) is 15.9 Å². The first-order valence-electron chi connectivity index (χ1n) is 6.82. The highest BCUT2D eigenvalue weighted by molar-refractivity contribution is 7.89. The van der Waals surface area contributed by atoms with E-state index in [2.05, 4.69) is 5.32 Å². The molecule has 0 heterocycles. The van der Waals surface area contributed by atoms with Crippen molar-refractivity contribution in [2.75, 3.05) is 13.1 Å². The second-order valence-corrected chi connectivity index (χ2v) is 7.32. The highest BCUT2D eigenvalue weighted by Crippen LogP contribution is 2.24. The van der Waals surface area contributed by atoms with Crippen molar-refractivity contribution in [2.24, 2.45) is 0 Å². The third kappa shape index (κ3) is 4.92. The molecule has 1 unspecified atom stereocenters. The Labute approximate surface area is 140 Å². The van der Waals surface area contributed by atoms with E-state index in [1.54, 1.807) is 19.1 Å². The number of hydrogen-bond donors (Lipinski definition) is 2. The lowest BCUT2D eigenvalue weighted by Gasteiger charge is -2.26. The van der Waals surface area contributed by atoms with Crippen LogP contribution in [0.15, 0.2) is 23.1 Å². The molecule has 0 aromatic heterocycles. The molecule has 7 nitrogen and oxygen atoms in total. The number of hydrogen-bond acceptors (Lipinski definition) is 4. The molecule has 1 atom stereocenters. The van der Waals surface area contributed by atoms with Crippen LogP contribution in [0, 0.1) is 6.92 Å². The standard InChI is InChI=1S/C14H19ClN2O5S/c1-9-4-5-12(15)8-13(9)23(21,22)17(10(2)14(19)20)7-6-16-11(3)18/h4-5,8,10H,6-7H2,1-3H3,(H,16,18)(H,19,20). The number of halogens is 1. The number of benzene rings is 1. The molecule has 0 aliphatic rings. The molecule has 2 N–H and O–H groups in total. The van der Waals surface area contributed by atoms with Gasteiger partial charge in [-0.05, 0) is 31.5 Å². The maximum absolute atomic E-state index is 12.8. The number of nitrogens with zero attached hydrogens (tertiary/aromatic N) is 1. The second kappa shape index (κ2) is 7.76. The van der Waals surface area contributed by atoms with Gasteiger partial charge in [0.15, 0.2) is 0 Å². The van der Waals surface area contributed by atoms with E-state index in [4.69, 9.17) is 11.6 Å². The van der Waals surface area contributed by atoms with Crippen molar-refractivity contribution >= 4 is 33.5 Å². The van der Waals surface area contributed by atoms with E-state index in [1.165, 1.54) is 19.9 Å². The van der Waals surface area contributed by atoms with E-state index in [1.807, 2.05) is 0 Å². The first-order chi connectivity index (χ1) is 10.6. The van der Waals surface area contributed by atoms with Gasteiger partial charge in [0.25, 0.3) is 0 Å². The summed E-state index contributed by atoms with van der Waals surface area (Å²) in [6, 6.07) is 3.10. The molecule has 1 aromatic carbocycles. The third-order valence-electron chi connectivity index (χ3n) is 3.23. The molecule has 0 saturated carbocycles. The first kappa shape index (κ1) is 19.4. The molecule has 0 fully saturated rings. The van der Waals surface area contributed by atoms with E-state index in [0.29, 0.717) is 5.56 Å². The average Bonchev–Trinajstić information content (AvgIpc) is 2.44. The van der Waals surface area contributed by atoms with Gasteiger partial charge < -0.3 is 10.4 Å². The molecule has 1 aromatic rings. The monoisotopic (exact) mass is 362 g/mol. The highest BCUT2D eigenvalue weighted by atomic mass is 35.5. The summed E-state index contributed by atoms with van der Waals surface area (Å²) < 4.78 is 26.5. The Morgan fingerprint density at radius 2 is 2.00 bits per heavy atom. The van der Waals surface area contributed by atoms with Crippen LogP contribution in [0.2, 0.25) is 5.02 Å². The van der Waals surface area contributed by atoms with Gasteiger partial charge in [-0.3, -0.25) is 9.59 Å². The fourth-order valence-electron chi connectivity index (χ4n) is 1.97. The van der Waals surface area contributed by atoms with Crippen molar-refractivity contribution in [1.82, 2.24) is 9.62 Å². The van der Waals surface area contributed by atoms with Crippen molar-refractivity contribution < 1.29 is 23.1 Å². The molecule has 0 aliphatic heterocycles. The van der Waals surface area contributed by atoms with Gasteiger partial charge in [-0.1, -0.05) is 17.7 Å². The molecule has 128 valence electrons. The number of rotatable bonds is 7. The van der Waals surface area contributed by atoms with E-state index < -0.39 is 22.0 Å². The van der Waals surface area contributed by atoms with E-state index in [9.17, 15) is 23.1 Å². The number of sulfonamides is 1. The van der Waals surface area contributed by atoms with Crippen molar-refractivity contribution in [2.45, 2.75) is 31.7 Å². The Balaban J connectivity index is 3.24. The Morgan fingerprint density at radius 3 is 2.52 bits per heavy atom. The zero-order chi connectivity index (χ0) is 17.8. The molecule has 1 amide bonds. The predicted octanol–water partition coefficient (Wildman–Crippen LogP) is 1.25. The average molecular weight is 363 g/mol.